The summed E-state index contributed by atoms with van der Waals surface area (Å²) in [6, 6.07) is 2.03. The monoisotopic (exact) mass is 317 g/mol. The number of H-pyrrole nitrogens is 2. The topological polar surface area (TPSA) is 91.0 Å². The number of aromatic nitrogens is 3. The number of rotatable bonds is 2. The Morgan fingerprint density at radius 2 is 2.41 bits per heavy atom. The minimum atomic E-state index is -0.849. The summed E-state index contributed by atoms with van der Waals surface area (Å²) >= 11 is 1.46. The molecule has 114 valence electrons. The summed E-state index contributed by atoms with van der Waals surface area (Å²) in [4.78, 5) is 16.3. The molecule has 0 unspecified atom stereocenters. The highest BCUT2D eigenvalue weighted by molar-refractivity contribution is 7.22. The number of nitrogens with one attached hydrogen (secondary N) is 2. The summed E-state index contributed by atoms with van der Waals surface area (Å²) in [5.41, 5.74) is 1.72. The van der Waals surface area contributed by atoms with E-state index in [1.54, 1.807) is 13.1 Å². The van der Waals surface area contributed by atoms with Gasteiger partial charge in [0, 0.05) is 22.0 Å². The van der Waals surface area contributed by atoms with Crippen molar-refractivity contribution in [3.05, 3.63) is 40.1 Å². The van der Waals surface area contributed by atoms with E-state index in [9.17, 15) is 9.90 Å². The van der Waals surface area contributed by atoms with Gasteiger partial charge >= 0.3 is 0 Å². The second-order valence-electron chi connectivity index (χ2n) is 5.64. The molecule has 6 nitrogen and oxygen atoms in total. The van der Waals surface area contributed by atoms with Crippen LogP contribution in [0.1, 0.15) is 18.2 Å². The molecule has 1 atom stereocenters. The zero-order chi connectivity index (χ0) is 15.3. The summed E-state index contributed by atoms with van der Waals surface area (Å²) in [5.74, 6) is 0. The highest BCUT2D eigenvalue weighted by Gasteiger charge is 2.35. The quantitative estimate of drug-likeness (QED) is 0.671. The van der Waals surface area contributed by atoms with E-state index in [4.69, 9.17) is 4.74 Å². The van der Waals surface area contributed by atoms with Gasteiger partial charge in [0.15, 0.2) is 0 Å². The van der Waals surface area contributed by atoms with Crippen molar-refractivity contribution < 1.29 is 9.84 Å². The van der Waals surface area contributed by atoms with E-state index in [2.05, 4.69) is 15.2 Å². The first kappa shape index (κ1) is 13.7. The van der Waals surface area contributed by atoms with Crippen LogP contribution < -0.4 is 5.56 Å². The van der Waals surface area contributed by atoms with Gasteiger partial charge in [-0.15, -0.1) is 11.3 Å². The van der Waals surface area contributed by atoms with Crippen molar-refractivity contribution in [2.24, 2.45) is 0 Å². The largest absolute Gasteiger partial charge is 0.393 e. The SMILES string of the molecule is C[C@@]1(CO)OCCc2c1[nH]c(=O)c1sc(-c3cn[nH]c3)cc21. The average molecular weight is 317 g/mol. The molecule has 0 fully saturated rings. The maximum Gasteiger partial charge on any atom is 0.266 e. The minimum absolute atomic E-state index is 0.140. The Labute approximate surface area is 129 Å². The number of fused-ring (bicyclic) bond motifs is 3. The molecule has 4 rings (SSSR count). The molecule has 3 N–H and O–H groups in total. The predicted molar refractivity (Wildman–Crippen MR) is 84.1 cm³/mol. The minimum Gasteiger partial charge on any atom is -0.393 e. The van der Waals surface area contributed by atoms with Gasteiger partial charge in [-0.2, -0.15) is 5.10 Å². The van der Waals surface area contributed by atoms with E-state index in [0.717, 1.165) is 27.8 Å². The van der Waals surface area contributed by atoms with Crippen LogP contribution in [0.15, 0.2) is 23.3 Å². The van der Waals surface area contributed by atoms with E-state index in [-0.39, 0.29) is 12.2 Å². The Hall–Kier alpha value is -1.96. The fraction of sp³-hybridized carbons (Fsp3) is 0.333. The van der Waals surface area contributed by atoms with Crippen LogP contribution in [-0.2, 0) is 16.8 Å². The standard InChI is InChI=1S/C15H15N3O3S/c1-15(7-19)13-9(2-3-21-15)10-4-11(8-5-16-17-6-8)22-12(10)14(20)18-13/h4-6,19H,2-3,7H2,1H3,(H,16,17)(H,18,20)/t15-/m0/s1. The first-order valence-corrected chi connectivity index (χ1v) is 7.87. The molecule has 0 aromatic carbocycles. The Balaban J connectivity index is 2.01. The molecule has 3 aromatic heterocycles. The maximum atomic E-state index is 12.4. The van der Waals surface area contributed by atoms with Gasteiger partial charge in [-0.1, -0.05) is 0 Å². The number of nitrogens with zero attached hydrogens (tertiary/aromatic N) is 1. The van der Waals surface area contributed by atoms with E-state index in [0.29, 0.717) is 17.0 Å². The number of aliphatic hydroxyl groups excluding tert-OH is 1. The zero-order valence-electron chi connectivity index (χ0n) is 12.0. The third kappa shape index (κ3) is 1.86. The maximum absolute atomic E-state index is 12.4. The van der Waals surface area contributed by atoms with Crippen LogP contribution >= 0.6 is 11.3 Å². The van der Waals surface area contributed by atoms with Crippen LogP contribution in [0, 0.1) is 0 Å². The van der Waals surface area contributed by atoms with Crippen molar-refractivity contribution in [2.45, 2.75) is 18.9 Å². The van der Waals surface area contributed by atoms with Gasteiger partial charge in [0.25, 0.3) is 5.56 Å². The smallest absolute Gasteiger partial charge is 0.266 e. The van der Waals surface area contributed by atoms with E-state index in [1.165, 1.54) is 11.3 Å². The summed E-state index contributed by atoms with van der Waals surface area (Å²) < 4.78 is 6.40. The second-order valence-corrected chi connectivity index (χ2v) is 6.69. The molecular weight excluding hydrogens is 302 g/mol. The van der Waals surface area contributed by atoms with Crippen molar-refractivity contribution in [3.63, 3.8) is 0 Å². The van der Waals surface area contributed by atoms with Crippen LogP contribution in [0.25, 0.3) is 20.5 Å². The molecule has 4 heterocycles. The van der Waals surface area contributed by atoms with Gasteiger partial charge in [-0.05, 0) is 25.0 Å². The van der Waals surface area contributed by atoms with Crippen molar-refractivity contribution in [1.29, 1.82) is 0 Å². The molecule has 0 amide bonds. The van der Waals surface area contributed by atoms with Gasteiger partial charge in [-0.3, -0.25) is 9.89 Å². The number of hydrogen-bond donors (Lipinski definition) is 3. The van der Waals surface area contributed by atoms with E-state index >= 15 is 0 Å². The third-order valence-electron chi connectivity index (χ3n) is 4.19. The van der Waals surface area contributed by atoms with Gasteiger partial charge in [0.05, 0.1) is 25.1 Å². The second kappa shape index (κ2) is 4.77. The van der Waals surface area contributed by atoms with Gasteiger partial charge < -0.3 is 14.8 Å². The van der Waals surface area contributed by atoms with Crippen molar-refractivity contribution in [2.75, 3.05) is 13.2 Å². The lowest BCUT2D eigenvalue weighted by Gasteiger charge is -2.34. The number of thiophene rings is 1. The van der Waals surface area contributed by atoms with Crippen LogP contribution in [0.4, 0.5) is 0 Å². The lowest BCUT2D eigenvalue weighted by atomic mass is 9.91. The summed E-state index contributed by atoms with van der Waals surface area (Å²) in [5, 5.41) is 17.4. The fourth-order valence-electron chi connectivity index (χ4n) is 2.98. The molecule has 0 saturated heterocycles. The fourth-order valence-corrected chi connectivity index (χ4v) is 4.04. The molecule has 0 radical (unpaired) electrons. The molecule has 0 spiro atoms. The van der Waals surface area contributed by atoms with Crippen LogP contribution in [-0.4, -0.2) is 33.5 Å². The van der Waals surface area contributed by atoms with Crippen LogP contribution in [0.2, 0.25) is 0 Å². The predicted octanol–water partition coefficient (Wildman–Crippen LogP) is 1.76. The lowest BCUT2D eigenvalue weighted by molar-refractivity contribution is -0.0832. The number of pyridine rings is 1. The molecule has 3 aromatic rings. The van der Waals surface area contributed by atoms with Crippen LogP contribution in [0.5, 0.6) is 0 Å². The van der Waals surface area contributed by atoms with Gasteiger partial charge in [-0.25, -0.2) is 0 Å². The van der Waals surface area contributed by atoms with Crippen LogP contribution in [0.3, 0.4) is 0 Å². The highest BCUT2D eigenvalue weighted by Crippen LogP contribution is 2.38. The third-order valence-corrected chi connectivity index (χ3v) is 5.37. The first-order chi connectivity index (χ1) is 10.6. The van der Waals surface area contributed by atoms with E-state index < -0.39 is 5.60 Å². The molecule has 22 heavy (non-hydrogen) atoms. The Morgan fingerprint density at radius 1 is 1.55 bits per heavy atom. The highest BCUT2D eigenvalue weighted by atomic mass is 32.1. The number of aliphatic hydroxyl groups is 1. The van der Waals surface area contributed by atoms with Gasteiger partial charge in [0.1, 0.15) is 10.3 Å². The number of ether oxygens (including phenoxy) is 1. The summed E-state index contributed by atoms with van der Waals surface area (Å²) in [6.45, 7) is 2.17. The lowest BCUT2D eigenvalue weighted by Crippen LogP contribution is -2.38. The van der Waals surface area contributed by atoms with Crippen molar-refractivity contribution in [1.82, 2.24) is 15.2 Å². The molecular formula is C15H15N3O3S. The Morgan fingerprint density at radius 3 is 3.14 bits per heavy atom. The number of hydrogen-bond acceptors (Lipinski definition) is 5. The summed E-state index contributed by atoms with van der Waals surface area (Å²) in [6.07, 6.45) is 4.28. The zero-order valence-corrected chi connectivity index (χ0v) is 12.8. The molecule has 0 saturated carbocycles. The Kier molecular flexibility index (Phi) is 2.97. The first-order valence-electron chi connectivity index (χ1n) is 7.05. The summed E-state index contributed by atoms with van der Waals surface area (Å²) in [7, 11) is 0. The molecule has 0 aliphatic carbocycles. The van der Waals surface area contributed by atoms with Gasteiger partial charge in [0.2, 0.25) is 0 Å². The van der Waals surface area contributed by atoms with E-state index in [1.807, 2.05) is 12.3 Å². The normalized spacial score (nSPS) is 21.2. The molecule has 0 bridgehead atoms. The molecule has 7 heteroatoms. The molecule has 1 aliphatic heterocycles. The average Bonchev–Trinajstić information content (AvgIpc) is 3.17. The number of aromatic amines is 2. The Bertz CT molecular complexity index is 897. The van der Waals surface area contributed by atoms with Crippen molar-refractivity contribution in [3.8, 4) is 10.4 Å². The molecule has 1 aliphatic rings. The van der Waals surface area contributed by atoms with Crippen molar-refractivity contribution >= 4 is 21.4 Å².